The highest BCUT2D eigenvalue weighted by Crippen LogP contribution is 2.23. The van der Waals surface area contributed by atoms with E-state index in [0.29, 0.717) is 10.8 Å². The maximum absolute atomic E-state index is 12.0. The number of carbonyl (C=O) groups excluding carboxylic acids is 1. The minimum Gasteiger partial charge on any atom is -0.355 e. The van der Waals surface area contributed by atoms with Crippen molar-refractivity contribution in [2.45, 2.75) is 0 Å². The number of hydrogen-bond acceptors (Lipinski definition) is 4. The third-order valence-electron chi connectivity index (χ3n) is 2.62. The van der Waals surface area contributed by atoms with E-state index < -0.39 is 5.91 Å². The van der Waals surface area contributed by atoms with E-state index in [0.717, 1.165) is 10.0 Å². The molecule has 3 aromatic rings. The first-order valence-electron chi connectivity index (χ1n) is 5.86. The van der Waals surface area contributed by atoms with Crippen LogP contribution in [0.4, 0.5) is 0 Å². The summed E-state index contributed by atoms with van der Waals surface area (Å²) in [6.07, 6.45) is 3.16. The third kappa shape index (κ3) is 3.14. The third-order valence-corrected chi connectivity index (χ3v) is 3.26. The Bertz CT molecular complexity index is 799. The minimum atomic E-state index is -0.428. The van der Waals surface area contributed by atoms with Gasteiger partial charge in [0.05, 0.1) is 16.9 Å². The number of amides is 1. The van der Waals surface area contributed by atoms with Gasteiger partial charge in [-0.3, -0.25) is 4.79 Å². The fraction of sp³-hybridized carbons (Fsp3) is 0. The van der Waals surface area contributed by atoms with Gasteiger partial charge in [0.1, 0.15) is 0 Å². The summed E-state index contributed by atoms with van der Waals surface area (Å²) in [5, 5.41) is 8.24. The van der Waals surface area contributed by atoms with Crippen LogP contribution in [0.25, 0.3) is 11.3 Å². The highest BCUT2D eigenvalue weighted by molar-refractivity contribution is 9.10. The number of halogens is 2. The summed E-state index contributed by atoms with van der Waals surface area (Å²) in [5.74, 6) is 0.0342. The molecule has 1 amide bonds. The van der Waals surface area contributed by atoms with Crippen LogP contribution in [0.5, 0.6) is 0 Å². The average Bonchev–Trinajstić information content (AvgIpc) is 3.08. The molecule has 2 aromatic heterocycles. The molecule has 0 saturated heterocycles. The number of nitrogens with zero attached hydrogens (tertiary/aromatic N) is 3. The van der Waals surface area contributed by atoms with Crippen molar-refractivity contribution >= 4 is 33.4 Å². The summed E-state index contributed by atoms with van der Waals surface area (Å²) in [5.41, 5.74) is 3.44. The van der Waals surface area contributed by atoms with Crippen LogP contribution in [0.2, 0.25) is 5.02 Å². The molecule has 0 aliphatic carbocycles. The zero-order chi connectivity index (χ0) is 14.8. The van der Waals surface area contributed by atoms with Gasteiger partial charge in [-0.2, -0.15) is 9.89 Å². The number of carbonyl (C=O) groups is 1. The van der Waals surface area contributed by atoms with Gasteiger partial charge >= 0.3 is 0 Å². The molecule has 0 aliphatic heterocycles. The summed E-state index contributed by atoms with van der Waals surface area (Å²) in [7, 11) is 0. The normalized spacial score (nSPS) is 10.6. The summed E-state index contributed by atoms with van der Waals surface area (Å²) in [6.45, 7) is 0. The minimum absolute atomic E-state index is 0.150. The van der Waals surface area contributed by atoms with E-state index in [2.05, 4.69) is 31.6 Å². The molecule has 0 aliphatic rings. The Kier molecular flexibility index (Phi) is 3.76. The van der Waals surface area contributed by atoms with E-state index in [4.69, 9.17) is 16.1 Å². The first-order chi connectivity index (χ1) is 10.1. The van der Waals surface area contributed by atoms with Gasteiger partial charge in [-0.15, -0.1) is 0 Å². The molecule has 6 nitrogen and oxygen atoms in total. The van der Waals surface area contributed by atoms with Gasteiger partial charge in [0.25, 0.3) is 5.91 Å². The fourth-order valence-electron chi connectivity index (χ4n) is 1.68. The average molecular weight is 368 g/mol. The summed E-state index contributed by atoms with van der Waals surface area (Å²) in [4.78, 5) is 13.3. The summed E-state index contributed by atoms with van der Waals surface area (Å²) in [6, 6.07) is 8.64. The van der Waals surface area contributed by atoms with Gasteiger partial charge in [-0.25, -0.2) is 5.43 Å². The van der Waals surface area contributed by atoms with Crippen LogP contribution in [0.1, 0.15) is 10.5 Å². The van der Waals surface area contributed by atoms with E-state index in [1.807, 2.05) is 6.07 Å². The van der Waals surface area contributed by atoms with Crippen molar-refractivity contribution in [2.24, 2.45) is 0 Å². The molecule has 1 N–H and O–H groups in total. The molecule has 0 spiro atoms. The molecular weight excluding hydrogens is 360 g/mol. The van der Waals surface area contributed by atoms with Crippen LogP contribution >= 0.6 is 27.5 Å². The zero-order valence-corrected chi connectivity index (χ0v) is 12.8. The molecule has 21 heavy (non-hydrogen) atoms. The van der Waals surface area contributed by atoms with Crippen molar-refractivity contribution < 1.29 is 9.32 Å². The quantitative estimate of drug-likeness (QED) is 0.770. The molecule has 106 valence electrons. The molecule has 0 atom stereocenters. The van der Waals surface area contributed by atoms with E-state index in [1.165, 1.54) is 4.79 Å². The van der Waals surface area contributed by atoms with E-state index in [9.17, 15) is 4.79 Å². The number of nitrogens with one attached hydrogen (secondary N) is 1. The predicted octanol–water partition coefficient (Wildman–Crippen LogP) is 3.34. The molecule has 0 radical (unpaired) electrons. The topological polar surface area (TPSA) is 73.0 Å². The second-order valence-corrected chi connectivity index (χ2v) is 5.48. The number of rotatable bonds is 3. The summed E-state index contributed by atoms with van der Waals surface area (Å²) < 4.78 is 5.91. The van der Waals surface area contributed by atoms with Gasteiger partial charge in [-0.05, 0) is 28.1 Å². The lowest BCUT2D eigenvalue weighted by Gasteiger charge is -2.00. The molecule has 0 unspecified atom stereocenters. The van der Waals surface area contributed by atoms with Crippen LogP contribution in [-0.4, -0.2) is 21.0 Å². The lowest BCUT2D eigenvalue weighted by atomic mass is 10.1. The van der Waals surface area contributed by atoms with Crippen LogP contribution < -0.4 is 5.43 Å². The van der Waals surface area contributed by atoms with Crippen LogP contribution in [0.3, 0.4) is 0 Å². The molecule has 8 heteroatoms. The Morgan fingerprint density at radius 1 is 1.38 bits per heavy atom. The van der Waals surface area contributed by atoms with Gasteiger partial charge in [0.15, 0.2) is 11.5 Å². The molecule has 0 bridgehead atoms. The molecule has 2 heterocycles. The van der Waals surface area contributed by atoms with Crippen LogP contribution in [-0.2, 0) is 0 Å². The smallest absolute Gasteiger partial charge is 0.293 e. The highest BCUT2D eigenvalue weighted by atomic mass is 79.9. The fourth-order valence-corrected chi connectivity index (χ4v) is 2.16. The van der Waals surface area contributed by atoms with Gasteiger partial charge in [0, 0.05) is 16.7 Å². The maximum Gasteiger partial charge on any atom is 0.293 e. The number of benzene rings is 1. The molecule has 3 rings (SSSR count). The maximum atomic E-state index is 12.0. The highest BCUT2D eigenvalue weighted by Gasteiger charge is 2.14. The Hall–Kier alpha value is -2.12. The van der Waals surface area contributed by atoms with Crippen LogP contribution in [0, 0.1) is 0 Å². The van der Waals surface area contributed by atoms with Crippen molar-refractivity contribution in [1.29, 1.82) is 0 Å². The molecule has 1 aromatic carbocycles. The number of hydrogen-bond donors (Lipinski definition) is 1. The summed E-state index contributed by atoms with van der Waals surface area (Å²) >= 11 is 9.15. The Morgan fingerprint density at radius 2 is 2.24 bits per heavy atom. The van der Waals surface area contributed by atoms with Crippen molar-refractivity contribution in [2.75, 3.05) is 5.43 Å². The first kappa shape index (κ1) is 13.8. The largest absolute Gasteiger partial charge is 0.355 e. The monoisotopic (exact) mass is 366 g/mol. The molecule has 0 saturated carbocycles. The lowest BCUT2D eigenvalue weighted by molar-refractivity contribution is 0.0996. The van der Waals surface area contributed by atoms with E-state index in [1.54, 1.807) is 36.7 Å². The SMILES string of the molecule is O=C(Nn1cc(Br)cn1)c1cc(-c2cccc(Cl)c2)on1. The molecule has 0 fully saturated rings. The number of aromatic nitrogens is 3. The zero-order valence-electron chi connectivity index (χ0n) is 10.5. The van der Waals surface area contributed by atoms with Crippen molar-refractivity contribution in [1.82, 2.24) is 15.0 Å². The lowest BCUT2D eigenvalue weighted by Crippen LogP contribution is -2.23. The second kappa shape index (κ2) is 5.71. The van der Waals surface area contributed by atoms with Crippen molar-refractivity contribution in [3.8, 4) is 11.3 Å². The Labute approximate surface area is 132 Å². The predicted molar refractivity (Wildman–Crippen MR) is 80.6 cm³/mol. The van der Waals surface area contributed by atoms with Crippen molar-refractivity contribution in [3.05, 3.63) is 57.9 Å². The second-order valence-electron chi connectivity index (χ2n) is 4.13. The standard InChI is InChI=1S/C13H8BrClN4O2/c14-9-6-16-19(7-9)17-13(20)11-5-12(21-18-11)8-2-1-3-10(15)4-8/h1-7H,(H,17,20). The van der Waals surface area contributed by atoms with Gasteiger partial charge in [-0.1, -0.05) is 28.9 Å². The van der Waals surface area contributed by atoms with Gasteiger partial charge < -0.3 is 4.52 Å². The van der Waals surface area contributed by atoms with Crippen molar-refractivity contribution in [3.63, 3.8) is 0 Å². The Balaban J connectivity index is 1.80. The first-order valence-corrected chi connectivity index (χ1v) is 7.03. The van der Waals surface area contributed by atoms with E-state index >= 15 is 0 Å². The van der Waals surface area contributed by atoms with Gasteiger partial charge in [0.2, 0.25) is 0 Å². The van der Waals surface area contributed by atoms with Crippen LogP contribution in [0.15, 0.2) is 51.7 Å². The molecular formula is C13H8BrClN4O2. The Morgan fingerprint density at radius 3 is 2.95 bits per heavy atom. The van der Waals surface area contributed by atoms with E-state index in [-0.39, 0.29) is 5.69 Å².